The molecule has 0 radical (unpaired) electrons. The first-order valence-corrected chi connectivity index (χ1v) is 5.92. The monoisotopic (exact) mass is 269 g/mol. The molecule has 106 valence electrons. The van der Waals surface area contributed by atoms with E-state index in [0.29, 0.717) is 19.3 Å². The number of carboxylic acids is 1. The molecule has 2 unspecified atom stereocenters. The largest absolute Gasteiger partial charge is 0.481 e. The Morgan fingerprint density at radius 1 is 1.50 bits per heavy atom. The van der Waals surface area contributed by atoms with Crippen LogP contribution in [0.1, 0.15) is 26.2 Å². The number of aliphatic hydroxyl groups is 1. The summed E-state index contributed by atoms with van der Waals surface area (Å²) < 4.78 is 36.6. The summed E-state index contributed by atoms with van der Waals surface area (Å²) in [6.07, 6.45) is -5.62. The molecule has 18 heavy (non-hydrogen) atoms. The highest BCUT2D eigenvalue weighted by atomic mass is 19.4. The third-order valence-corrected chi connectivity index (χ3v) is 3.42. The number of aliphatic hydroxyl groups excluding tert-OH is 1. The van der Waals surface area contributed by atoms with Crippen molar-refractivity contribution in [2.75, 3.05) is 19.6 Å². The van der Waals surface area contributed by atoms with Crippen molar-refractivity contribution in [3.8, 4) is 0 Å². The molecule has 0 saturated carbocycles. The lowest BCUT2D eigenvalue weighted by Crippen LogP contribution is -2.42. The van der Waals surface area contributed by atoms with Crippen LogP contribution in [0.5, 0.6) is 0 Å². The molecule has 1 aliphatic rings. The second kappa shape index (κ2) is 5.44. The molecule has 0 bridgehead atoms. The van der Waals surface area contributed by atoms with Crippen molar-refractivity contribution in [1.82, 2.24) is 4.90 Å². The number of alkyl halides is 3. The average Bonchev–Trinajstić information content (AvgIpc) is 2.62. The number of hydrogen-bond acceptors (Lipinski definition) is 3. The van der Waals surface area contributed by atoms with Gasteiger partial charge in [0, 0.05) is 13.1 Å². The van der Waals surface area contributed by atoms with Gasteiger partial charge in [0.2, 0.25) is 0 Å². The number of carbonyl (C=O) groups is 1. The minimum Gasteiger partial charge on any atom is -0.481 e. The maximum atomic E-state index is 12.2. The van der Waals surface area contributed by atoms with E-state index >= 15 is 0 Å². The Morgan fingerprint density at radius 3 is 2.56 bits per heavy atom. The van der Waals surface area contributed by atoms with Gasteiger partial charge in [-0.1, -0.05) is 13.3 Å². The van der Waals surface area contributed by atoms with Crippen molar-refractivity contribution in [2.45, 2.75) is 38.5 Å². The number of likely N-dealkylation sites (tertiary alicyclic amines) is 1. The summed E-state index contributed by atoms with van der Waals surface area (Å²) in [5.41, 5.74) is -0.958. The molecule has 0 aromatic heterocycles. The summed E-state index contributed by atoms with van der Waals surface area (Å²) in [6.45, 7) is 1.64. The van der Waals surface area contributed by atoms with Crippen LogP contribution in [-0.2, 0) is 4.79 Å². The first kappa shape index (κ1) is 15.2. The second-order valence-electron chi connectivity index (χ2n) is 4.88. The highest BCUT2D eigenvalue weighted by Crippen LogP contribution is 2.36. The fraction of sp³-hybridized carbons (Fsp3) is 0.909. The Labute approximate surface area is 103 Å². The Kier molecular flexibility index (Phi) is 4.61. The molecular formula is C11H18F3NO3. The highest BCUT2D eigenvalue weighted by molar-refractivity contribution is 5.75. The van der Waals surface area contributed by atoms with Crippen LogP contribution in [-0.4, -0.2) is 53.0 Å². The van der Waals surface area contributed by atoms with Crippen LogP contribution < -0.4 is 0 Å². The number of halogens is 3. The van der Waals surface area contributed by atoms with E-state index in [0.717, 1.165) is 0 Å². The van der Waals surface area contributed by atoms with Crippen LogP contribution in [0.4, 0.5) is 13.2 Å². The van der Waals surface area contributed by atoms with E-state index in [2.05, 4.69) is 0 Å². The van der Waals surface area contributed by atoms with Crippen molar-refractivity contribution < 1.29 is 28.2 Å². The van der Waals surface area contributed by atoms with Gasteiger partial charge in [-0.3, -0.25) is 9.69 Å². The number of carboxylic acid groups (broad SMARTS) is 1. The molecule has 7 heteroatoms. The van der Waals surface area contributed by atoms with E-state index in [1.165, 1.54) is 4.90 Å². The molecule has 1 rings (SSSR count). The van der Waals surface area contributed by atoms with Crippen LogP contribution in [0.3, 0.4) is 0 Å². The molecule has 0 aromatic carbocycles. The van der Waals surface area contributed by atoms with Crippen molar-refractivity contribution in [3.63, 3.8) is 0 Å². The van der Waals surface area contributed by atoms with E-state index in [1.807, 2.05) is 6.92 Å². The van der Waals surface area contributed by atoms with Gasteiger partial charge in [-0.05, 0) is 19.4 Å². The van der Waals surface area contributed by atoms with E-state index in [9.17, 15) is 23.1 Å². The summed E-state index contributed by atoms with van der Waals surface area (Å²) in [4.78, 5) is 12.6. The lowest BCUT2D eigenvalue weighted by atomic mass is 9.83. The van der Waals surface area contributed by atoms with Gasteiger partial charge in [0.1, 0.15) is 0 Å². The fourth-order valence-corrected chi connectivity index (χ4v) is 2.43. The van der Waals surface area contributed by atoms with Gasteiger partial charge in [0.25, 0.3) is 0 Å². The third kappa shape index (κ3) is 3.35. The van der Waals surface area contributed by atoms with Gasteiger partial charge in [-0.15, -0.1) is 0 Å². The first-order valence-electron chi connectivity index (χ1n) is 5.92. The lowest BCUT2D eigenvalue weighted by Gasteiger charge is -2.26. The van der Waals surface area contributed by atoms with Crippen molar-refractivity contribution in [2.24, 2.45) is 5.41 Å². The van der Waals surface area contributed by atoms with Gasteiger partial charge in [0.15, 0.2) is 6.10 Å². The van der Waals surface area contributed by atoms with Gasteiger partial charge < -0.3 is 10.2 Å². The van der Waals surface area contributed by atoms with Crippen LogP contribution in [0.25, 0.3) is 0 Å². The summed E-state index contributed by atoms with van der Waals surface area (Å²) in [5.74, 6) is -0.964. The van der Waals surface area contributed by atoms with Gasteiger partial charge >= 0.3 is 12.1 Å². The maximum Gasteiger partial charge on any atom is 0.415 e. The van der Waals surface area contributed by atoms with E-state index in [1.54, 1.807) is 0 Å². The molecule has 2 atom stereocenters. The molecular weight excluding hydrogens is 251 g/mol. The molecule has 1 fully saturated rings. The molecule has 0 aliphatic carbocycles. The Hall–Kier alpha value is -0.820. The predicted molar refractivity (Wildman–Crippen MR) is 58.1 cm³/mol. The van der Waals surface area contributed by atoms with Crippen LogP contribution in [0, 0.1) is 5.41 Å². The zero-order valence-electron chi connectivity index (χ0n) is 10.2. The van der Waals surface area contributed by atoms with Crippen molar-refractivity contribution in [1.29, 1.82) is 0 Å². The van der Waals surface area contributed by atoms with Crippen molar-refractivity contribution >= 4 is 5.97 Å². The summed E-state index contributed by atoms with van der Waals surface area (Å²) in [5, 5.41) is 18.2. The molecule has 0 spiro atoms. The molecule has 1 saturated heterocycles. The van der Waals surface area contributed by atoms with E-state index < -0.39 is 30.2 Å². The summed E-state index contributed by atoms with van der Waals surface area (Å²) >= 11 is 0. The fourth-order valence-electron chi connectivity index (χ4n) is 2.43. The second-order valence-corrected chi connectivity index (χ2v) is 4.88. The number of aliphatic carboxylic acids is 1. The first-order chi connectivity index (χ1) is 8.21. The molecule has 2 N–H and O–H groups in total. The SMILES string of the molecule is CCCC1(C(=O)O)CCN(CC(O)C(F)(F)F)C1. The predicted octanol–water partition coefficient (Wildman–Crippen LogP) is 1.49. The minimum absolute atomic E-state index is 0.0727. The third-order valence-electron chi connectivity index (χ3n) is 3.42. The average molecular weight is 269 g/mol. The molecule has 0 aromatic rings. The highest BCUT2D eigenvalue weighted by Gasteiger charge is 2.46. The van der Waals surface area contributed by atoms with E-state index in [4.69, 9.17) is 5.11 Å². The minimum atomic E-state index is -4.65. The van der Waals surface area contributed by atoms with Gasteiger partial charge in [0.05, 0.1) is 5.41 Å². The topological polar surface area (TPSA) is 60.8 Å². The molecule has 4 nitrogen and oxygen atoms in total. The van der Waals surface area contributed by atoms with Gasteiger partial charge in [-0.2, -0.15) is 13.2 Å². The molecule has 0 amide bonds. The molecule has 1 aliphatic heterocycles. The smallest absolute Gasteiger partial charge is 0.415 e. The number of β-amino-alcohol motifs (C(OH)–C–C–N with tert-alkyl or cyclic N) is 1. The standard InChI is InChI=1S/C11H18F3NO3/c1-2-3-10(9(17)18)4-5-15(7-10)6-8(16)11(12,13)14/h8,16H,2-7H2,1H3,(H,17,18). The normalized spacial score (nSPS) is 27.4. The lowest BCUT2D eigenvalue weighted by molar-refractivity contribution is -0.207. The summed E-state index contributed by atoms with van der Waals surface area (Å²) in [7, 11) is 0. The zero-order valence-corrected chi connectivity index (χ0v) is 10.2. The van der Waals surface area contributed by atoms with E-state index in [-0.39, 0.29) is 13.1 Å². The Morgan fingerprint density at radius 2 is 2.11 bits per heavy atom. The van der Waals surface area contributed by atoms with Gasteiger partial charge in [-0.25, -0.2) is 0 Å². The number of hydrogen-bond donors (Lipinski definition) is 2. The number of rotatable bonds is 5. The zero-order chi connectivity index (χ0) is 14.0. The van der Waals surface area contributed by atoms with Crippen LogP contribution in [0.2, 0.25) is 0 Å². The molecule has 1 heterocycles. The summed E-state index contributed by atoms with van der Waals surface area (Å²) in [6, 6.07) is 0. The quantitative estimate of drug-likeness (QED) is 0.793. The Balaban J connectivity index is 2.62. The van der Waals surface area contributed by atoms with Crippen LogP contribution in [0.15, 0.2) is 0 Å². The Bertz CT molecular complexity index is 308. The number of nitrogens with zero attached hydrogens (tertiary/aromatic N) is 1. The van der Waals surface area contributed by atoms with Crippen LogP contribution >= 0.6 is 0 Å². The van der Waals surface area contributed by atoms with Crippen molar-refractivity contribution in [3.05, 3.63) is 0 Å². The maximum absolute atomic E-state index is 12.2.